The molecule has 0 aliphatic carbocycles. The molecular weight excluding hydrogens is 450 g/mol. The van der Waals surface area contributed by atoms with Gasteiger partial charge >= 0.3 is 0 Å². The van der Waals surface area contributed by atoms with Crippen LogP contribution in [0.4, 0.5) is 0 Å². The van der Waals surface area contributed by atoms with E-state index >= 15 is 0 Å². The summed E-state index contributed by atoms with van der Waals surface area (Å²) in [7, 11) is 1.68. The molecule has 36 heavy (non-hydrogen) atoms. The second-order valence-corrected chi connectivity index (χ2v) is 9.32. The molecule has 2 N–H and O–H groups in total. The Morgan fingerprint density at radius 1 is 1.00 bits per heavy atom. The number of hydrogen-bond acceptors (Lipinski definition) is 3. The van der Waals surface area contributed by atoms with E-state index in [9.17, 15) is 9.59 Å². The molecule has 3 aromatic carbocycles. The van der Waals surface area contributed by atoms with Crippen molar-refractivity contribution >= 4 is 22.7 Å². The number of fused-ring (bicyclic) bond motifs is 1. The van der Waals surface area contributed by atoms with Gasteiger partial charge in [-0.3, -0.25) is 9.59 Å². The molecule has 184 valence electrons. The fraction of sp³-hybridized carbons (Fsp3) is 0.267. The summed E-state index contributed by atoms with van der Waals surface area (Å²) in [5, 5.41) is 4.27. The van der Waals surface area contributed by atoms with Crippen LogP contribution in [0, 0.1) is 0 Å². The van der Waals surface area contributed by atoms with Crippen molar-refractivity contribution in [2.45, 2.75) is 31.2 Å². The molecule has 1 atom stereocenters. The molecule has 1 aliphatic rings. The van der Waals surface area contributed by atoms with Gasteiger partial charge in [-0.1, -0.05) is 48.5 Å². The van der Waals surface area contributed by atoms with Crippen molar-refractivity contribution in [1.29, 1.82) is 0 Å². The number of nitrogens with zero attached hydrogens (tertiary/aromatic N) is 1. The maximum Gasteiger partial charge on any atom is 0.251 e. The van der Waals surface area contributed by atoms with Gasteiger partial charge in [0, 0.05) is 35.8 Å². The maximum absolute atomic E-state index is 13.3. The maximum atomic E-state index is 13.3. The number of carbonyl (C=O) groups is 2. The molecule has 0 saturated carbocycles. The topological polar surface area (TPSA) is 74.4 Å². The minimum atomic E-state index is -0.384. The van der Waals surface area contributed by atoms with Crippen molar-refractivity contribution in [3.8, 4) is 5.75 Å². The van der Waals surface area contributed by atoms with Crippen LogP contribution < -0.4 is 10.1 Å². The average Bonchev–Trinajstić information content (AvgIpc) is 3.37. The van der Waals surface area contributed by atoms with Crippen molar-refractivity contribution < 1.29 is 14.3 Å². The Labute approximate surface area is 211 Å². The largest absolute Gasteiger partial charge is 0.497 e. The predicted octanol–water partition coefficient (Wildman–Crippen LogP) is 5.44. The van der Waals surface area contributed by atoms with Gasteiger partial charge in [-0.05, 0) is 60.2 Å². The number of benzene rings is 3. The summed E-state index contributed by atoms with van der Waals surface area (Å²) in [4.78, 5) is 31.5. The molecule has 1 fully saturated rings. The van der Waals surface area contributed by atoms with Crippen LogP contribution in [-0.2, 0) is 4.79 Å². The van der Waals surface area contributed by atoms with Gasteiger partial charge in [0.05, 0.1) is 19.6 Å². The number of carbonyl (C=O) groups excluding carboxylic acids is 2. The highest BCUT2D eigenvalue weighted by molar-refractivity contribution is 5.94. The van der Waals surface area contributed by atoms with Crippen LogP contribution in [0.2, 0.25) is 0 Å². The summed E-state index contributed by atoms with van der Waals surface area (Å²) in [6, 6.07) is 24.5. The van der Waals surface area contributed by atoms with Crippen LogP contribution in [-0.4, -0.2) is 41.9 Å². The number of aromatic amines is 1. The summed E-state index contributed by atoms with van der Waals surface area (Å²) in [6.07, 6.45) is 4.14. The van der Waals surface area contributed by atoms with Crippen molar-refractivity contribution in [2.24, 2.45) is 0 Å². The number of ether oxygens (including phenoxy) is 1. The van der Waals surface area contributed by atoms with Crippen molar-refractivity contribution in [3.05, 3.63) is 102 Å². The zero-order valence-electron chi connectivity index (χ0n) is 20.4. The second-order valence-electron chi connectivity index (χ2n) is 9.32. The number of hydrogen-bond donors (Lipinski definition) is 2. The summed E-state index contributed by atoms with van der Waals surface area (Å²) >= 11 is 0. The zero-order chi connectivity index (χ0) is 24.9. The van der Waals surface area contributed by atoms with Gasteiger partial charge in [-0.2, -0.15) is 0 Å². The number of rotatable bonds is 7. The van der Waals surface area contributed by atoms with Gasteiger partial charge in [0.15, 0.2) is 0 Å². The van der Waals surface area contributed by atoms with Crippen LogP contribution in [0.3, 0.4) is 0 Å². The van der Waals surface area contributed by atoms with E-state index in [-0.39, 0.29) is 24.3 Å². The van der Waals surface area contributed by atoms with Crippen molar-refractivity contribution in [1.82, 2.24) is 15.2 Å². The van der Waals surface area contributed by atoms with Crippen LogP contribution in [0.1, 0.15) is 52.7 Å². The number of nitrogens with one attached hydrogen (secondary N) is 2. The van der Waals surface area contributed by atoms with Crippen LogP contribution in [0.15, 0.2) is 85.1 Å². The summed E-state index contributed by atoms with van der Waals surface area (Å²) in [5.74, 6) is 1.13. The van der Waals surface area contributed by atoms with Crippen LogP contribution >= 0.6 is 0 Å². The zero-order valence-corrected chi connectivity index (χ0v) is 20.4. The van der Waals surface area contributed by atoms with Gasteiger partial charge in [0.25, 0.3) is 5.91 Å². The highest BCUT2D eigenvalue weighted by Crippen LogP contribution is 2.35. The number of aromatic nitrogens is 1. The first-order valence-corrected chi connectivity index (χ1v) is 12.5. The van der Waals surface area contributed by atoms with E-state index in [4.69, 9.17) is 4.74 Å². The molecule has 1 unspecified atom stereocenters. The predicted molar refractivity (Wildman–Crippen MR) is 141 cm³/mol. The second kappa shape index (κ2) is 10.7. The molecule has 0 radical (unpaired) electrons. The lowest BCUT2D eigenvalue weighted by Crippen LogP contribution is -2.40. The standard InChI is InChI=1S/C30H31N3O3/c1-36-24-12-13-27-25(18-24)26(20-31-27)21-14-16-33(17-15-21)29(34)19-28(22-8-4-2-5-9-22)32-30(35)23-10-6-3-7-11-23/h2-13,18,20-21,28,31H,14-17,19H2,1H3,(H,32,35). The fourth-order valence-corrected chi connectivity index (χ4v) is 5.10. The first kappa shape index (κ1) is 23.7. The third-order valence-electron chi connectivity index (χ3n) is 7.13. The Morgan fingerprint density at radius 3 is 2.39 bits per heavy atom. The van der Waals surface area contributed by atoms with E-state index in [0.717, 1.165) is 29.7 Å². The third kappa shape index (κ3) is 5.13. The normalized spacial score (nSPS) is 15.0. The van der Waals surface area contributed by atoms with Gasteiger partial charge in [0.1, 0.15) is 5.75 Å². The van der Waals surface area contributed by atoms with Gasteiger partial charge in [-0.25, -0.2) is 0 Å². The molecule has 1 saturated heterocycles. The first-order chi connectivity index (χ1) is 17.6. The Hall–Kier alpha value is -4.06. The fourth-order valence-electron chi connectivity index (χ4n) is 5.10. The van der Waals surface area contributed by atoms with E-state index < -0.39 is 0 Å². The summed E-state index contributed by atoms with van der Waals surface area (Å²) < 4.78 is 5.41. The SMILES string of the molecule is COc1ccc2[nH]cc(C3CCN(C(=O)CC(NC(=O)c4ccccc4)c4ccccc4)CC3)c2c1. The molecule has 0 bridgehead atoms. The molecule has 5 rings (SSSR count). The smallest absolute Gasteiger partial charge is 0.251 e. The molecule has 6 nitrogen and oxygen atoms in total. The Kier molecular flexibility index (Phi) is 7.03. The van der Waals surface area contributed by atoms with Gasteiger partial charge < -0.3 is 19.9 Å². The average molecular weight is 482 g/mol. The van der Waals surface area contributed by atoms with E-state index in [1.54, 1.807) is 19.2 Å². The number of piperidine rings is 1. The quantitative estimate of drug-likeness (QED) is 0.369. The lowest BCUT2D eigenvalue weighted by atomic mass is 9.89. The van der Waals surface area contributed by atoms with Crippen LogP contribution in [0.25, 0.3) is 10.9 Å². The minimum absolute atomic E-state index is 0.0660. The lowest BCUT2D eigenvalue weighted by molar-refractivity contribution is -0.132. The van der Waals surface area contributed by atoms with Gasteiger partial charge in [0.2, 0.25) is 5.91 Å². The van der Waals surface area contributed by atoms with Crippen molar-refractivity contribution in [3.63, 3.8) is 0 Å². The first-order valence-electron chi connectivity index (χ1n) is 12.5. The number of amides is 2. The van der Waals surface area contributed by atoms with Crippen LogP contribution in [0.5, 0.6) is 5.75 Å². The summed E-state index contributed by atoms with van der Waals surface area (Å²) in [5.41, 5.74) is 3.90. The number of likely N-dealkylation sites (tertiary alicyclic amines) is 1. The minimum Gasteiger partial charge on any atom is -0.497 e. The van der Waals surface area contributed by atoms with E-state index in [0.29, 0.717) is 24.6 Å². The molecule has 2 amide bonds. The third-order valence-corrected chi connectivity index (χ3v) is 7.13. The van der Waals surface area contributed by atoms with E-state index in [1.165, 1.54) is 10.9 Å². The Balaban J connectivity index is 1.25. The van der Waals surface area contributed by atoms with Gasteiger partial charge in [-0.15, -0.1) is 0 Å². The monoisotopic (exact) mass is 481 g/mol. The Bertz CT molecular complexity index is 1330. The summed E-state index contributed by atoms with van der Waals surface area (Å²) in [6.45, 7) is 1.41. The van der Waals surface area contributed by atoms with Crippen molar-refractivity contribution in [2.75, 3.05) is 20.2 Å². The van der Waals surface area contributed by atoms with E-state index in [2.05, 4.69) is 22.6 Å². The lowest BCUT2D eigenvalue weighted by Gasteiger charge is -2.33. The molecule has 1 aromatic heterocycles. The van der Waals surface area contributed by atoms with E-state index in [1.807, 2.05) is 65.6 Å². The molecule has 6 heteroatoms. The molecule has 0 spiro atoms. The number of H-pyrrole nitrogens is 1. The molecular formula is C30H31N3O3. The highest BCUT2D eigenvalue weighted by atomic mass is 16.5. The Morgan fingerprint density at radius 2 is 1.69 bits per heavy atom. The highest BCUT2D eigenvalue weighted by Gasteiger charge is 2.28. The number of methoxy groups -OCH3 is 1. The molecule has 4 aromatic rings. The molecule has 2 heterocycles. The molecule has 1 aliphatic heterocycles.